The zero-order chi connectivity index (χ0) is 17.9. The van der Waals surface area contributed by atoms with Gasteiger partial charge in [-0.3, -0.25) is 0 Å². The first-order valence-corrected chi connectivity index (χ1v) is 11.5. The lowest BCUT2D eigenvalue weighted by Crippen LogP contribution is -3.00. The maximum atomic E-state index is 12.5. The van der Waals surface area contributed by atoms with Crippen molar-refractivity contribution in [1.29, 1.82) is 0 Å². The molecule has 0 aliphatic carbocycles. The van der Waals surface area contributed by atoms with Crippen LogP contribution in [-0.2, 0) is 10.0 Å². The fourth-order valence-electron chi connectivity index (χ4n) is 3.43. The van der Waals surface area contributed by atoms with Crippen molar-refractivity contribution < 1.29 is 29.9 Å². The molecule has 0 aromatic rings. The Morgan fingerprint density at radius 2 is 1.44 bits per heavy atom. The van der Waals surface area contributed by atoms with E-state index in [1.54, 1.807) is 4.31 Å². The van der Waals surface area contributed by atoms with E-state index in [0.29, 0.717) is 18.8 Å². The highest BCUT2D eigenvalue weighted by Crippen LogP contribution is 2.16. The molecule has 1 heterocycles. The van der Waals surface area contributed by atoms with Crippen molar-refractivity contribution in [2.45, 2.75) is 64.7 Å². The van der Waals surface area contributed by atoms with Crippen molar-refractivity contribution in [3.8, 4) is 0 Å². The fourth-order valence-corrected chi connectivity index (χ4v) is 4.97. The molecule has 4 nitrogen and oxygen atoms in total. The third-order valence-corrected chi connectivity index (χ3v) is 7.20. The van der Waals surface area contributed by atoms with E-state index in [1.807, 2.05) is 6.08 Å². The van der Waals surface area contributed by atoms with Crippen LogP contribution >= 0.6 is 0 Å². The van der Waals surface area contributed by atoms with Gasteiger partial charge >= 0.3 is 0 Å². The lowest BCUT2D eigenvalue weighted by Gasteiger charge is -2.40. The Morgan fingerprint density at radius 1 is 0.960 bits per heavy atom. The average molecular weight is 440 g/mol. The molecule has 1 aliphatic rings. The lowest BCUT2D eigenvalue weighted by molar-refractivity contribution is -0.907. The molecular formula is C19H39BrN2O2S. The monoisotopic (exact) mass is 438 g/mol. The van der Waals surface area contributed by atoms with Gasteiger partial charge in [-0.05, 0) is 12.5 Å². The first kappa shape index (κ1) is 25.1. The molecule has 0 amide bonds. The number of sulfonamides is 1. The van der Waals surface area contributed by atoms with E-state index in [0.717, 1.165) is 37.0 Å². The third kappa shape index (κ3) is 10.1. The van der Waals surface area contributed by atoms with Crippen molar-refractivity contribution in [3.05, 3.63) is 12.7 Å². The molecule has 0 atom stereocenters. The summed E-state index contributed by atoms with van der Waals surface area (Å²) < 4.78 is 27.5. The number of halogens is 1. The minimum Gasteiger partial charge on any atom is -1.00 e. The molecule has 0 saturated carbocycles. The van der Waals surface area contributed by atoms with Crippen LogP contribution in [0.5, 0.6) is 0 Å². The van der Waals surface area contributed by atoms with Gasteiger partial charge in [0.05, 0.1) is 45.5 Å². The molecular weight excluding hydrogens is 400 g/mol. The number of hydrogen-bond acceptors (Lipinski definition) is 2. The molecule has 1 saturated heterocycles. The van der Waals surface area contributed by atoms with Gasteiger partial charge in [-0.1, -0.05) is 64.9 Å². The third-order valence-electron chi connectivity index (χ3n) is 5.25. The van der Waals surface area contributed by atoms with Crippen LogP contribution < -0.4 is 17.0 Å². The van der Waals surface area contributed by atoms with Crippen LogP contribution in [-0.4, -0.2) is 62.7 Å². The Hall–Kier alpha value is 0.0900. The van der Waals surface area contributed by atoms with Crippen molar-refractivity contribution >= 4 is 10.0 Å². The molecule has 6 heteroatoms. The van der Waals surface area contributed by atoms with E-state index in [9.17, 15) is 8.42 Å². The zero-order valence-electron chi connectivity index (χ0n) is 16.4. The SMILES string of the molecule is C=CC[N+]1(C)CCN(S(=O)(=O)CCCCCCCCCCC)CC1.[Br-]. The van der Waals surface area contributed by atoms with Crippen LogP contribution in [0, 0.1) is 0 Å². The highest BCUT2D eigenvalue weighted by molar-refractivity contribution is 7.89. The van der Waals surface area contributed by atoms with E-state index in [2.05, 4.69) is 20.6 Å². The Morgan fingerprint density at radius 3 is 1.92 bits per heavy atom. The maximum Gasteiger partial charge on any atom is 0.214 e. The highest BCUT2D eigenvalue weighted by Gasteiger charge is 2.33. The van der Waals surface area contributed by atoms with Gasteiger partial charge in [0.25, 0.3) is 0 Å². The van der Waals surface area contributed by atoms with Gasteiger partial charge in [-0.2, -0.15) is 4.31 Å². The number of likely N-dealkylation sites (N-methyl/N-ethyl adjacent to an activating group) is 1. The Kier molecular flexibility index (Phi) is 13.3. The molecule has 0 N–H and O–H groups in total. The Balaban J connectivity index is 0.00000576. The van der Waals surface area contributed by atoms with Gasteiger partial charge < -0.3 is 21.5 Å². The summed E-state index contributed by atoms with van der Waals surface area (Å²) in [6.45, 7) is 10.1. The quantitative estimate of drug-likeness (QED) is 0.242. The number of unbranched alkanes of at least 4 members (excludes halogenated alkanes) is 8. The topological polar surface area (TPSA) is 37.4 Å². The molecule has 0 bridgehead atoms. The summed E-state index contributed by atoms with van der Waals surface area (Å²) in [5, 5.41) is 0. The van der Waals surface area contributed by atoms with Crippen LogP contribution in [0.15, 0.2) is 12.7 Å². The standard InChI is InChI=1S/C19H39N2O2S.BrH/c1-4-6-7-8-9-10-11-12-13-19-24(22,23)20-14-17-21(3,16-5-2)18-15-20;/h5H,2,4,6-19H2,1,3H3;1H/q+1;/p-1. The first-order chi connectivity index (χ1) is 11.4. The second-order valence-electron chi connectivity index (χ2n) is 7.58. The maximum absolute atomic E-state index is 12.5. The molecule has 0 aromatic heterocycles. The van der Waals surface area contributed by atoms with E-state index >= 15 is 0 Å². The average Bonchev–Trinajstić information content (AvgIpc) is 2.53. The van der Waals surface area contributed by atoms with Crippen LogP contribution in [0.1, 0.15) is 64.7 Å². The number of hydrogen-bond donors (Lipinski definition) is 0. The summed E-state index contributed by atoms with van der Waals surface area (Å²) in [6, 6.07) is 0. The van der Waals surface area contributed by atoms with Gasteiger partial charge in [0.1, 0.15) is 0 Å². The smallest absolute Gasteiger partial charge is 0.214 e. The Labute approximate surface area is 167 Å². The van der Waals surface area contributed by atoms with Gasteiger partial charge in [0.15, 0.2) is 0 Å². The number of piperazine rings is 1. The number of nitrogens with zero attached hydrogens (tertiary/aromatic N) is 2. The zero-order valence-corrected chi connectivity index (χ0v) is 18.8. The molecule has 150 valence electrons. The molecule has 0 aromatic carbocycles. The first-order valence-electron chi connectivity index (χ1n) is 9.86. The van der Waals surface area contributed by atoms with Gasteiger partial charge in [-0.25, -0.2) is 8.42 Å². The highest BCUT2D eigenvalue weighted by atomic mass is 79.9. The van der Waals surface area contributed by atoms with Crippen LogP contribution in [0.4, 0.5) is 0 Å². The van der Waals surface area contributed by atoms with E-state index < -0.39 is 10.0 Å². The van der Waals surface area contributed by atoms with Crippen molar-refractivity contribution in [3.63, 3.8) is 0 Å². The summed E-state index contributed by atoms with van der Waals surface area (Å²) in [7, 11) is -0.869. The Bertz CT molecular complexity index is 446. The molecule has 1 rings (SSSR count). The molecule has 0 unspecified atom stereocenters. The van der Waals surface area contributed by atoms with Crippen molar-refractivity contribution in [2.24, 2.45) is 0 Å². The van der Waals surface area contributed by atoms with Crippen molar-refractivity contribution in [1.82, 2.24) is 4.31 Å². The second-order valence-corrected chi connectivity index (χ2v) is 9.67. The van der Waals surface area contributed by atoms with E-state index in [1.165, 1.54) is 44.9 Å². The fraction of sp³-hybridized carbons (Fsp3) is 0.895. The number of rotatable bonds is 13. The molecule has 1 fully saturated rings. The molecule has 25 heavy (non-hydrogen) atoms. The normalized spacial score (nSPS) is 17.8. The molecule has 0 radical (unpaired) electrons. The predicted octanol–water partition coefficient (Wildman–Crippen LogP) is 0.799. The number of quaternary nitrogens is 1. The van der Waals surface area contributed by atoms with E-state index in [4.69, 9.17) is 0 Å². The van der Waals surface area contributed by atoms with Gasteiger partial charge in [-0.15, -0.1) is 0 Å². The van der Waals surface area contributed by atoms with Gasteiger partial charge in [0.2, 0.25) is 10.0 Å². The summed E-state index contributed by atoms with van der Waals surface area (Å²) in [5.41, 5.74) is 0. The summed E-state index contributed by atoms with van der Waals surface area (Å²) in [5.74, 6) is 0.327. The minimum atomic E-state index is -3.06. The predicted molar refractivity (Wildman–Crippen MR) is 104 cm³/mol. The largest absolute Gasteiger partial charge is 1.00 e. The van der Waals surface area contributed by atoms with Gasteiger partial charge in [0, 0.05) is 0 Å². The van der Waals surface area contributed by atoms with Crippen LogP contribution in [0.2, 0.25) is 0 Å². The second kappa shape index (κ2) is 13.3. The minimum absolute atomic E-state index is 0. The summed E-state index contributed by atoms with van der Waals surface area (Å²) in [6.07, 6.45) is 12.9. The lowest BCUT2D eigenvalue weighted by atomic mass is 10.1. The molecule has 0 spiro atoms. The van der Waals surface area contributed by atoms with Crippen molar-refractivity contribution in [2.75, 3.05) is 45.5 Å². The van der Waals surface area contributed by atoms with E-state index in [-0.39, 0.29) is 17.0 Å². The van der Waals surface area contributed by atoms with Crippen LogP contribution in [0.25, 0.3) is 0 Å². The summed E-state index contributed by atoms with van der Waals surface area (Å²) in [4.78, 5) is 0. The summed E-state index contributed by atoms with van der Waals surface area (Å²) >= 11 is 0. The van der Waals surface area contributed by atoms with Crippen LogP contribution in [0.3, 0.4) is 0 Å². The molecule has 1 aliphatic heterocycles.